The first kappa shape index (κ1) is 11.6. The van der Waals surface area contributed by atoms with Crippen molar-refractivity contribution in [3.05, 3.63) is 41.5 Å². The zero-order valence-corrected chi connectivity index (χ0v) is 10.2. The lowest BCUT2D eigenvalue weighted by molar-refractivity contribution is 0.414. The van der Waals surface area contributed by atoms with Gasteiger partial charge in [-0.05, 0) is 24.1 Å². The normalized spacial score (nSPS) is 10.5. The average Bonchev–Trinajstić information content (AvgIpc) is 2.77. The number of aromatic amines is 1. The zero-order valence-electron chi connectivity index (χ0n) is 10.2. The molecule has 1 N–H and O–H groups in total. The van der Waals surface area contributed by atoms with Crippen LogP contribution < -0.4 is 4.74 Å². The minimum atomic E-state index is 0.758. The molecule has 0 fully saturated rings. The molecule has 0 amide bonds. The zero-order chi connectivity index (χ0) is 12.1. The van der Waals surface area contributed by atoms with E-state index in [0.29, 0.717) is 0 Å². The summed E-state index contributed by atoms with van der Waals surface area (Å²) in [5.74, 6) is 2.67. The molecule has 0 saturated carbocycles. The first-order chi connectivity index (χ1) is 8.31. The molecular formula is C13H17N3O. The van der Waals surface area contributed by atoms with Gasteiger partial charge in [-0.3, -0.25) is 5.10 Å². The Kier molecular flexibility index (Phi) is 3.75. The Labute approximate surface area is 101 Å². The van der Waals surface area contributed by atoms with Gasteiger partial charge in [0.25, 0.3) is 0 Å². The molecule has 0 aliphatic rings. The van der Waals surface area contributed by atoms with Gasteiger partial charge in [0.15, 0.2) is 5.82 Å². The first-order valence-corrected chi connectivity index (χ1v) is 5.85. The second kappa shape index (κ2) is 5.48. The number of benzene rings is 1. The molecule has 0 aliphatic heterocycles. The third-order valence-corrected chi connectivity index (χ3v) is 2.56. The molecule has 4 heteroatoms. The number of aromatic nitrogens is 3. The van der Waals surface area contributed by atoms with Crippen molar-refractivity contribution in [1.82, 2.24) is 15.2 Å². The minimum Gasteiger partial charge on any atom is -0.497 e. The predicted octanol–water partition coefficient (Wildman–Crippen LogP) is 2.36. The number of hydrogen-bond acceptors (Lipinski definition) is 3. The maximum atomic E-state index is 5.19. The van der Waals surface area contributed by atoms with Gasteiger partial charge in [0.2, 0.25) is 0 Å². The highest BCUT2D eigenvalue weighted by molar-refractivity contribution is 5.30. The molecule has 4 nitrogen and oxygen atoms in total. The number of H-pyrrole nitrogens is 1. The predicted molar refractivity (Wildman–Crippen MR) is 66.2 cm³/mol. The standard InChI is InChI=1S/C13H17N3O/c1-3-5-12-14-13(16-15-12)9-10-6-4-7-11(8-10)17-2/h4,6-8H,3,5,9H2,1-2H3,(H,14,15,16). The molecule has 0 bridgehead atoms. The molecule has 2 rings (SSSR count). The van der Waals surface area contributed by atoms with E-state index in [2.05, 4.69) is 28.2 Å². The molecule has 0 spiro atoms. The lowest BCUT2D eigenvalue weighted by Gasteiger charge is -2.02. The summed E-state index contributed by atoms with van der Waals surface area (Å²) in [6.07, 6.45) is 2.75. The Morgan fingerprint density at radius 3 is 3.00 bits per heavy atom. The van der Waals surface area contributed by atoms with Crippen molar-refractivity contribution in [1.29, 1.82) is 0 Å². The average molecular weight is 231 g/mol. The summed E-state index contributed by atoms with van der Waals surface area (Å²) in [6.45, 7) is 2.12. The quantitative estimate of drug-likeness (QED) is 0.859. The highest BCUT2D eigenvalue weighted by atomic mass is 16.5. The molecule has 1 aromatic carbocycles. The molecule has 90 valence electrons. The smallest absolute Gasteiger partial charge is 0.150 e. The van der Waals surface area contributed by atoms with E-state index < -0.39 is 0 Å². The van der Waals surface area contributed by atoms with Crippen LogP contribution in [0.25, 0.3) is 0 Å². The first-order valence-electron chi connectivity index (χ1n) is 5.85. The van der Waals surface area contributed by atoms with Gasteiger partial charge in [-0.1, -0.05) is 19.1 Å². The molecule has 0 atom stereocenters. The van der Waals surface area contributed by atoms with Crippen LogP contribution in [0.2, 0.25) is 0 Å². The van der Waals surface area contributed by atoms with E-state index in [1.54, 1.807) is 7.11 Å². The van der Waals surface area contributed by atoms with Crippen molar-refractivity contribution in [2.24, 2.45) is 0 Å². The van der Waals surface area contributed by atoms with E-state index in [4.69, 9.17) is 4.74 Å². The van der Waals surface area contributed by atoms with E-state index in [9.17, 15) is 0 Å². The van der Waals surface area contributed by atoms with Crippen molar-refractivity contribution in [2.75, 3.05) is 7.11 Å². The topological polar surface area (TPSA) is 50.8 Å². The Morgan fingerprint density at radius 1 is 1.35 bits per heavy atom. The monoisotopic (exact) mass is 231 g/mol. The van der Waals surface area contributed by atoms with Gasteiger partial charge in [0, 0.05) is 12.8 Å². The fraction of sp³-hybridized carbons (Fsp3) is 0.385. The van der Waals surface area contributed by atoms with E-state index in [0.717, 1.165) is 36.7 Å². The maximum absolute atomic E-state index is 5.19. The van der Waals surface area contributed by atoms with Crippen molar-refractivity contribution in [2.45, 2.75) is 26.2 Å². The van der Waals surface area contributed by atoms with Crippen molar-refractivity contribution in [3.8, 4) is 5.75 Å². The van der Waals surface area contributed by atoms with Crippen LogP contribution in [-0.4, -0.2) is 22.3 Å². The summed E-state index contributed by atoms with van der Waals surface area (Å²) >= 11 is 0. The fourth-order valence-electron chi connectivity index (χ4n) is 1.73. The summed E-state index contributed by atoms with van der Waals surface area (Å²) < 4.78 is 5.19. The van der Waals surface area contributed by atoms with Gasteiger partial charge >= 0.3 is 0 Å². The minimum absolute atomic E-state index is 0.758. The molecular weight excluding hydrogens is 214 g/mol. The van der Waals surface area contributed by atoms with Gasteiger partial charge in [0.05, 0.1) is 7.11 Å². The van der Waals surface area contributed by atoms with Crippen molar-refractivity contribution >= 4 is 0 Å². The Morgan fingerprint density at radius 2 is 2.24 bits per heavy atom. The van der Waals surface area contributed by atoms with Gasteiger partial charge in [-0.2, -0.15) is 5.10 Å². The summed E-state index contributed by atoms with van der Waals surface area (Å²) in [5.41, 5.74) is 1.17. The molecule has 0 aliphatic carbocycles. The van der Waals surface area contributed by atoms with Crippen LogP contribution in [0.1, 0.15) is 30.6 Å². The van der Waals surface area contributed by atoms with Crippen LogP contribution in [0.4, 0.5) is 0 Å². The van der Waals surface area contributed by atoms with Crippen LogP contribution in [0.5, 0.6) is 5.75 Å². The number of ether oxygens (including phenoxy) is 1. The number of nitrogens with zero attached hydrogens (tertiary/aromatic N) is 2. The van der Waals surface area contributed by atoms with E-state index >= 15 is 0 Å². The van der Waals surface area contributed by atoms with Crippen LogP contribution in [0, 0.1) is 0 Å². The number of nitrogens with one attached hydrogen (secondary N) is 1. The molecule has 0 unspecified atom stereocenters. The van der Waals surface area contributed by atoms with Crippen molar-refractivity contribution < 1.29 is 4.74 Å². The van der Waals surface area contributed by atoms with Crippen LogP contribution >= 0.6 is 0 Å². The van der Waals surface area contributed by atoms with Gasteiger partial charge in [-0.25, -0.2) is 4.98 Å². The second-order valence-corrected chi connectivity index (χ2v) is 3.98. The third-order valence-electron chi connectivity index (χ3n) is 2.56. The summed E-state index contributed by atoms with van der Waals surface area (Å²) in [4.78, 5) is 4.44. The summed E-state index contributed by atoms with van der Waals surface area (Å²) in [5, 5.41) is 7.15. The fourth-order valence-corrected chi connectivity index (χ4v) is 1.73. The largest absolute Gasteiger partial charge is 0.497 e. The van der Waals surface area contributed by atoms with Gasteiger partial charge < -0.3 is 4.74 Å². The second-order valence-electron chi connectivity index (χ2n) is 3.98. The molecule has 0 radical (unpaired) electrons. The summed E-state index contributed by atoms with van der Waals surface area (Å²) in [7, 11) is 1.67. The summed E-state index contributed by atoms with van der Waals surface area (Å²) in [6, 6.07) is 8.00. The number of aryl methyl sites for hydroxylation is 1. The van der Waals surface area contributed by atoms with Gasteiger partial charge in [0.1, 0.15) is 11.6 Å². The van der Waals surface area contributed by atoms with Crippen LogP contribution in [-0.2, 0) is 12.8 Å². The molecule has 1 heterocycles. The van der Waals surface area contributed by atoms with Crippen LogP contribution in [0.3, 0.4) is 0 Å². The number of methoxy groups -OCH3 is 1. The molecule has 2 aromatic rings. The van der Waals surface area contributed by atoms with Gasteiger partial charge in [-0.15, -0.1) is 0 Å². The van der Waals surface area contributed by atoms with Crippen molar-refractivity contribution in [3.63, 3.8) is 0 Å². The van der Waals surface area contributed by atoms with E-state index in [1.807, 2.05) is 18.2 Å². The number of hydrogen-bond donors (Lipinski definition) is 1. The Hall–Kier alpha value is -1.84. The SMILES string of the molecule is CCCc1n[nH]c(Cc2cccc(OC)c2)n1. The van der Waals surface area contributed by atoms with E-state index in [1.165, 1.54) is 5.56 Å². The van der Waals surface area contributed by atoms with Crippen LogP contribution in [0.15, 0.2) is 24.3 Å². The van der Waals surface area contributed by atoms with E-state index in [-0.39, 0.29) is 0 Å². The Bertz CT molecular complexity index is 479. The highest BCUT2D eigenvalue weighted by Crippen LogP contribution is 2.14. The Balaban J connectivity index is 2.08. The molecule has 1 aromatic heterocycles. The third kappa shape index (κ3) is 3.06. The highest BCUT2D eigenvalue weighted by Gasteiger charge is 2.04. The maximum Gasteiger partial charge on any atom is 0.150 e. The molecule has 0 saturated heterocycles. The lowest BCUT2D eigenvalue weighted by Crippen LogP contribution is -1.92. The molecule has 17 heavy (non-hydrogen) atoms. The number of rotatable bonds is 5. The lowest BCUT2D eigenvalue weighted by atomic mass is 10.1.